The summed E-state index contributed by atoms with van der Waals surface area (Å²) in [4.78, 5) is 35.7. The molecule has 0 fully saturated rings. The lowest BCUT2D eigenvalue weighted by Crippen LogP contribution is -2.33. The van der Waals surface area contributed by atoms with E-state index in [0.717, 1.165) is 11.8 Å². The number of alkyl carbamates (subject to hydrolysis) is 1. The van der Waals surface area contributed by atoms with Gasteiger partial charge in [-0.3, -0.25) is 14.9 Å². The molecule has 0 saturated heterocycles. The molecule has 3 aromatic carbocycles. The van der Waals surface area contributed by atoms with Crippen molar-refractivity contribution in [2.75, 3.05) is 13.7 Å². The normalized spacial score (nSPS) is 11.4. The second kappa shape index (κ2) is 14.0. The van der Waals surface area contributed by atoms with E-state index in [1.807, 2.05) is 36.4 Å². The average molecular weight is 521 g/mol. The summed E-state index contributed by atoms with van der Waals surface area (Å²) in [5, 5.41) is 18.2. The lowest BCUT2D eigenvalue weighted by atomic mass is 10.0. The van der Waals surface area contributed by atoms with Crippen molar-refractivity contribution in [3.8, 4) is 11.5 Å². The molecule has 0 aromatic heterocycles. The van der Waals surface area contributed by atoms with Crippen LogP contribution in [0.15, 0.2) is 77.9 Å². The Labute approximate surface area is 219 Å². The zero-order valence-corrected chi connectivity index (χ0v) is 21.0. The van der Waals surface area contributed by atoms with Crippen molar-refractivity contribution in [2.45, 2.75) is 26.0 Å². The number of carbonyl (C=O) groups is 2. The average Bonchev–Trinajstić information content (AvgIpc) is 2.92. The highest BCUT2D eigenvalue weighted by molar-refractivity contribution is 5.88. The highest BCUT2D eigenvalue weighted by Gasteiger charge is 2.21. The van der Waals surface area contributed by atoms with Crippen molar-refractivity contribution in [3.63, 3.8) is 0 Å². The van der Waals surface area contributed by atoms with Crippen LogP contribution in [0.3, 0.4) is 0 Å². The van der Waals surface area contributed by atoms with E-state index in [9.17, 15) is 19.7 Å². The number of nitro groups is 1. The van der Waals surface area contributed by atoms with Crippen LogP contribution >= 0.6 is 0 Å². The topological polar surface area (TPSA) is 141 Å². The zero-order chi connectivity index (χ0) is 27.3. The molecule has 0 heterocycles. The largest absolute Gasteiger partial charge is 0.493 e. The van der Waals surface area contributed by atoms with E-state index in [-0.39, 0.29) is 42.4 Å². The van der Waals surface area contributed by atoms with E-state index in [0.29, 0.717) is 5.56 Å². The van der Waals surface area contributed by atoms with E-state index in [4.69, 9.17) is 14.2 Å². The fraction of sp³-hybridized carbons (Fsp3) is 0.222. The highest BCUT2D eigenvalue weighted by atomic mass is 16.6. The Kier molecular flexibility index (Phi) is 10.2. The minimum absolute atomic E-state index is 0.100. The minimum atomic E-state index is -0.666. The zero-order valence-electron chi connectivity index (χ0n) is 21.0. The minimum Gasteiger partial charge on any atom is -0.493 e. The molecule has 0 radical (unpaired) electrons. The van der Waals surface area contributed by atoms with Crippen molar-refractivity contribution < 1.29 is 28.7 Å². The van der Waals surface area contributed by atoms with Gasteiger partial charge in [-0.2, -0.15) is 5.10 Å². The van der Waals surface area contributed by atoms with Gasteiger partial charge in [-0.15, -0.1) is 0 Å². The fourth-order valence-electron chi connectivity index (χ4n) is 3.49. The summed E-state index contributed by atoms with van der Waals surface area (Å²) in [5.41, 5.74) is 3.75. The van der Waals surface area contributed by atoms with Gasteiger partial charge in [0.1, 0.15) is 6.61 Å². The SMILES string of the molecule is CCOC(=O)N[C@@H](CC(=O)N/N=C\c1cc(OC)c(OCc2ccccc2)cc1[N+](=O)[O-])c1ccccc1. The first-order valence-corrected chi connectivity index (χ1v) is 11.7. The van der Waals surface area contributed by atoms with Crippen molar-refractivity contribution >= 4 is 23.9 Å². The Balaban J connectivity index is 1.72. The summed E-state index contributed by atoms with van der Waals surface area (Å²) < 4.78 is 16.0. The first-order valence-electron chi connectivity index (χ1n) is 11.7. The number of nitrogens with zero attached hydrogens (tertiary/aromatic N) is 2. The third-order valence-corrected chi connectivity index (χ3v) is 5.30. The number of methoxy groups -OCH3 is 1. The number of hydrogen-bond acceptors (Lipinski definition) is 8. The van der Waals surface area contributed by atoms with Gasteiger partial charge in [0, 0.05) is 0 Å². The molecule has 0 spiro atoms. The first kappa shape index (κ1) is 27.7. The van der Waals surface area contributed by atoms with E-state index < -0.39 is 23.0 Å². The molecule has 0 aliphatic heterocycles. The molecule has 0 saturated carbocycles. The number of benzene rings is 3. The van der Waals surface area contributed by atoms with Crippen LogP contribution < -0.4 is 20.2 Å². The van der Waals surface area contributed by atoms with Crippen LogP contribution in [0.25, 0.3) is 0 Å². The van der Waals surface area contributed by atoms with Crippen molar-refractivity contribution in [2.24, 2.45) is 5.10 Å². The van der Waals surface area contributed by atoms with Gasteiger partial charge in [0.15, 0.2) is 11.5 Å². The second-order valence-corrected chi connectivity index (χ2v) is 7.92. The summed E-state index contributed by atoms with van der Waals surface area (Å²) in [7, 11) is 1.42. The van der Waals surface area contributed by atoms with Gasteiger partial charge in [0.05, 0.1) is 48.9 Å². The molecule has 3 aromatic rings. The second-order valence-electron chi connectivity index (χ2n) is 7.92. The Morgan fingerprint density at radius 1 is 1.05 bits per heavy atom. The molecule has 1 atom stereocenters. The van der Waals surface area contributed by atoms with E-state index in [1.165, 1.54) is 19.2 Å². The molecule has 3 rings (SSSR count). The number of amides is 2. The molecule has 2 amide bonds. The Morgan fingerprint density at radius 2 is 1.74 bits per heavy atom. The molecular weight excluding hydrogens is 492 g/mol. The van der Waals surface area contributed by atoms with Crippen LogP contribution in [-0.2, 0) is 16.1 Å². The van der Waals surface area contributed by atoms with E-state index in [1.54, 1.807) is 31.2 Å². The van der Waals surface area contributed by atoms with Gasteiger partial charge in [0.2, 0.25) is 5.91 Å². The molecule has 38 heavy (non-hydrogen) atoms. The maximum Gasteiger partial charge on any atom is 0.407 e. The molecule has 0 bridgehead atoms. The van der Waals surface area contributed by atoms with Crippen LogP contribution in [0, 0.1) is 10.1 Å². The Bertz CT molecular complexity index is 1270. The molecule has 0 aliphatic rings. The van der Waals surface area contributed by atoms with Gasteiger partial charge >= 0.3 is 6.09 Å². The summed E-state index contributed by atoms with van der Waals surface area (Å²) >= 11 is 0. The molecule has 11 heteroatoms. The van der Waals surface area contributed by atoms with Gasteiger partial charge < -0.3 is 19.5 Å². The lowest BCUT2D eigenvalue weighted by Gasteiger charge is -2.18. The number of nitrogens with one attached hydrogen (secondary N) is 2. The number of ether oxygens (including phenoxy) is 3. The van der Waals surface area contributed by atoms with Crippen LogP contribution in [0.4, 0.5) is 10.5 Å². The third kappa shape index (κ3) is 8.05. The van der Waals surface area contributed by atoms with E-state index >= 15 is 0 Å². The molecule has 0 unspecified atom stereocenters. The summed E-state index contributed by atoms with van der Waals surface area (Å²) in [5.74, 6) is -0.0635. The summed E-state index contributed by atoms with van der Waals surface area (Å²) in [6.07, 6.45) is 0.350. The van der Waals surface area contributed by atoms with Crippen molar-refractivity contribution in [3.05, 3.63) is 99.6 Å². The molecule has 2 N–H and O–H groups in total. The standard InChI is InChI=1S/C27H28N4O7/c1-3-37-27(33)29-22(20-12-8-5-9-13-20)15-26(32)30-28-17-21-14-24(36-2)25(16-23(21)31(34)35)38-18-19-10-6-4-7-11-19/h4-14,16-17,22H,3,15,18H2,1-2H3,(H,29,33)(H,30,32)/b28-17-/t22-/m0/s1. The van der Waals surface area contributed by atoms with Crippen molar-refractivity contribution in [1.82, 2.24) is 10.7 Å². The maximum absolute atomic E-state index is 12.6. The van der Waals surface area contributed by atoms with Crippen LogP contribution in [0.5, 0.6) is 11.5 Å². The summed E-state index contributed by atoms with van der Waals surface area (Å²) in [6.45, 7) is 2.05. The molecular formula is C27H28N4O7. The smallest absolute Gasteiger partial charge is 0.407 e. The Hall–Kier alpha value is -4.93. The van der Waals surface area contributed by atoms with E-state index in [2.05, 4.69) is 15.8 Å². The highest BCUT2D eigenvalue weighted by Crippen LogP contribution is 2.34. The number of hydrazone groups is 1. The first-order chi connectivity index (χ1) is 18.4. The maximum atomic E-state index is 12.6. The predicted octanol–water partition coefficient (Wildman–Crippen LogP) is 4.51. The number of carbonyl (C=O) groups excluding carboxylic acids is 2. The van der Waals surface area contributed by atoms with Gasteiger partial charge in [-0.1, -0.05) is 60.7 Å². The quantitative estimate of drug-likeness (QED) is 0.203. The predicted molar refractivity (Wildman–Crippen MR) is 140 cm³/mol. The fourth-order valence-corrected chi connectivity index (χ4v) is 3.49. The number of nitro benzene ring substituents is 1. The summed E-state index contributed by atoms with van der Waals surface area (Å²) in [6, 6.07) is 20.2. The monoisotopic (exact) mass is 520 g/mol. The van der Waals surface area contributed by atoms with Gasteiger partial charge in [-0.25, -0.2) is 10.2 Å². The third-order valence-electron chi connectivity index (χ3n) is 5.30. The van der Waals surface area contributed by atoms with Crippen LogP contribution in [-0.4, -0.2) is 36.9 Å². The van der Waals surface area contributed by atoms with Crippen molar-refractivity contribution in [1.29, 1.82) is 0 Å². The number of hydrogen-bond donors (Lipinski definition) is 2. The van der Waals surface area contributed by atoms with Crippen LogP contribution in [0.2, 0.25) is 0 Å². The number of rotatable bonds is 12. The molecule has 198 valence electrons. The van der Waals surface area contributed by atoms with Gasteiger partial charge in [0.25, 0.3) is 5.69 Å². The van der Waals surface area contributed by atoms with Crippen LogP contribution in [0.1, 0.15) is 36.1 Å². The lowest BCUT2D eigenvalue weighted by molar-refractivity contribution is -0.385. The Morgan fingerprint density at radius 3 is 2.37 bits per heavy atom. The molecule has 11 nitrogen and oxygen atoms in total. The molecule has 0 aliphatic carbocycles. The van der Waals surface area contributed by atoms with Gasteiger partial charge in [-0.05, 0) is 24.1 Å².